The second kappa shape index (κ2) is 10.2. The summed E-state index contributed by atoms with van der Waals surface area (Å²) in [5, 5.41) is 9.29. The van der Waals surface area contributed by atoms with Gasteiger partial charge in [0.15, 0.2) is 0 Å². The highest BCUT2D eigenvalue weighted by molar-refractivity contribution is 5.98. The van der Waals surface area contributed by atoms with Crippen LogP contribution in [0, 0.1) is 5.41 Å². The number of carbonyl (C=O) groups is 2. The third-order valence-electron chi connectivity index (χ3n) is 6.84. The van der Waals surface area contributed by atoms with Crippen LogP contribution in [0.1, 0.15) is 31.4 Å². The molecule has 0 aromatic heterocycles. The molecule has 0 bridgehead atoms. The fourth-order valence-corrected chi connectivity index (χ4v) is 4.72. The van der Waals surface area contributed by atoms with Gasteiger partial charge in [-0.25, -0.2) is 0 Å². The van der Waals surface area contributed by atoms with Gasteiger partial charge in [-0.05, 0) is 31.4 Å². The van der Waals surface area contributed by atoms with Crippen LogP contribution in [-0.2, 0) is 27.4 Å². The summed E-state index contributed by atoms with van der Waals surface area (Å²) in [7, 11) is 1.89. The summed E-state index contributed by atoms with van der Waals surface area (Å²) >= 11 is 0. The number of hydrazone groups is 1. The van der Waals surface area contributed by atoms with Crippen LogP contribution < -0.4 is 11.1 Å². The van der Waals surface area contributed by atoms with Gasteiger partial charge in [-0.3, -0.25) is 14.6 Å². The summed E-state index contributed by atoms with van der Waals surface area (Å²) in [5.41, 5.74) is 8.25. The first-order valence-corrected chi connectivity index (χ1v) is 12.2. The molecule has 2 atom stereocenters. The molecule has 2 amide bonds. The molecule has 0 spiro atoms. The number of nitrogens with two attached hydrogens (primary N) is 1. The third-order valence-corrected chi connectivity index (χ3v) is 6.84. The summed E-state index contributed by atoms with van der Waals surface area (Å²) in [6.07, 6.45) is 0.126. The Kier molecular flexibility index (Phi) is 7.28. The molecule has 4 rings (SSSR count). The second-order valence-corrected chi connectivity index (χ2v) is 10.1. The van der Waals surface area contributed by atoms with Crippen molar-refractivity contribution in [1.29, 1.82) is 0 Å². The molecule has 8 nitrogen and oxygen atoms in total. The van der Waals surface area contributed by atoms with Crippen LogP contribution in [0.5, 0.6) is 0 Å². The van der Waals surface area contributed by atoms with E-state index in [9.17, 15) is 9.59 Å². The quantitative estimate of drug-likeness (QED) is 0.556. The highest BCUT2D eigenvalue weighted by Crippen LogP contribution is 2.43. The number of nitrogens with zero attached hydrogens (tertiary/aromatic N) is 3. The average Bonchev–Trinajstić information content (AvgIpc) is 3.10. The Morgan fingerprint density at radius 1 is 1.14 bits per heavy atom. The van der Waals surface area contributed by atoms with Gasteiger partial charge < -0.3 is 20.7 Å². The fraction of sp³-hybridized carbons (Fsp3) is 0.393. The molecule has 190 valence electrons. The molecule has 0 aliphatic carbocycles. The SMILES string of the molecule is C=C1N(C)N=C2CCN(C(=O)C(NC(=O)C(C)(C)N)OCc3ccccc3)C[C@@]12Cc1ccccc1. The van der Waals surface area contributed by atoms with E-state index in [0.717, 1.165) is 22.5 Å². The van der Waals surface area contributed by atoms with Crippen LogP contribution in [0.2, 0.25) is 0 Å². The zero-order chi connectivity index (χ0) is 25.9. The van der Waals surface area contributed by atoms with Crippen LogP contribution in [0.15, 0.2) is 78.0 Å². The minimum Gasteiger partial charge on any atom is -0.345 e. The Morgan fingerprint density at radius 2 is 1.75 bits per heavy atom. The van der Waals surface area contributed by atoms with Gasteiger partial charge in [0.1, 0.15) is 0 Å². The largest absolute Gasteiger partial charge is 0.345 e. The van der Waals surface area contributed by atoms with Gasteiger partial charge in [0.05, 0.1) is 23.3 Å². The molecule has 2 aliphatic heterocycles. The normalized spacial score (nSPS) is 20.6. The van der Waals surface area contributed by atoms with E-state index in [1.165, 1.54) is 0 Å². The number of nitrogens with one attached hydrogen (secondary N) is 1. The zero-order valence-electron chi connectivity index (χ0n) is 21.2. The molecule has 2 heterocycles. The number of amides is 2. The Hall–Kier alpha value is -3.49. The van der Waals surface area contributed by atoms with Crippen LogP contribution >= 0.6 is 0 Å². The Labute approximate surface area is 212 Å². The maximum atomic E-state index is 13.8. The molecule has 8 heteroatoms. The number of piperidine rings is 1. The van der Waals surface area contributed by atoms with Gasteiger partial charge in [0.25, 0.3) is 5.91 Å². The van der Waals surface area contributed by atoms with Crippen molar-refractivity contribution in [3.63, 3.8) is 0 Å². The molecule has 36 heavy (non-hydrogen) atoms. The van der Waals surface area contributed by atoms with Gasteiger partial charge in [0.2, 0.25) is 12.1 Å². The summed E-state index contributed by atoms with van der Waals surface area (Å²) < 4.78 is 5.98. The highest BCUT2D eigenvalue weighted by atomic mass is 16.5. The molecule has 1 fully saturated rings. The summed E-state index contributed by atoms with van der Waals surface area (Å²) in [5.74, 6) is -0.769. The molecule has 3 N–H and O–H groups in total. The number of rotatable bonds is 8. The van der Waals surface area contributed by atoms with Crippen molar-refractivity contribution in [2.45, 2.75) is 45.1 Å². The maximum absolute atomic E-state index is 13.8. The van der Waals surface area contributed by atoms with Crippen LogP contribution in [0.3, 0.4) is 0 Å². The topological polar surface area (TPSA) is 100 Å². The molecule has 1 unspecified atom stereocenters. The van der Waals surface area contributed by atoms with E-state index in [1.807, 2.05) is 60.6 Å². The van der Waals surface area contributed by atoms with Crippen molar-refractivity contribution < 1.29 is 14.3 Å². The predicted molar refractivity (Wildman–Crippen MR) is 140 cm³/mol. The Bertz CT molecular complexity index is 1140. The van der Waals surface area contributed by atoms with Crippen molar-refractivity contribution in [3.8, 4) is 0 Å². The molecule has 1 saturated heterocycles. The summed E-state index contributed by atoms with van der Waals surface area (Å²) in [6, 6.07) is 19.7. The van der Waals surface area contributed by atoms with Gasteiger partial charge in [-0.15, -0.1) is 0 Å². The number of hydrogen-bond acceptors (Lipinski definition) is 6. The van der Waals surface area contributed by atoms with Crippen LogP contribution in [-0.4, -0.2) is 59.3 Å². The molecule has 2 aliphatic rings. The number of hydrogen-bond donors (Lipinski definition) is 2. The van der Waals surface area contributed by atoms with Crippen molar-refractivity contribution in [3.05, 3.63) is 84.1 Å². The summed E-state index contributed by atoms with van der Waals surface area (Å²) in [6.45, 7) is 8.58. The van der Waals surface area contributed by atoms with E-state index in [4.69, 9.17) is 15.6 Å². The molecule has 2 aromatic carbocycles. The first kappa shape index (κ1) is 25.6. The zero-order valence-corrected chi connectivity index (χ0v) is 21.2. The predicted octanol–water partition coefficient (Wildman–Crippen LogP) is 2.66. The lowest BCUT2D eigenvalue weighted by Crippen LogP contribution is -2.60. The van der Waals surface area contributed by atoms with E-state index in [1.54, 1.807) is 18.7 Å². The average molecular weight is 490 g/mol. The number of ether oxygens (including phenoxy) is 1. The maximum Gasteiger partial charge on any atom is 0.272 e. The molecular weight excluding hydrogens is 454 g/mol. The van der Waals surface area contributed by atoms with Gasteiger partial charge in [-0.1, -0.05) is 67.2 Å². The number of benzene rings is 2. The lowest BCUT2D eigenvalue weighted by atomic mass is 9.72. The Balaban J connectivity index is 1.58. The fourth-order valence-electron chi connectivity index (χ4n) is 4.72. The number of likely N-dealkylation sites (tertiary alicyclic amines) is 1. The first-order chi connectivity index (χ1) is 17.1. The van der Waals surface area contributed by atoms with Crippen molar-refractivity contribution in [1.82, 2.24) is 15.2 Å². The molecule has 0 saturated carbocycles. The van der Waals surface area contributed by atoms with Gasteiger partial charge >= 0.3 is 0 Å². The molecular formula is C28H35N5O3. The van der Waals surface area contributed by atoms with Crippen molar-refractivity contribution >= 4 is 17.5 Å². The summed E-state index contributed by atoms with van der Waals surface area (Å²) in [4.78, 5) is 28.3. The number of fused-ring (bicyclic) bond motifs is 1. The standard InChI is InChI=1S/C28H35N5O3/c1-20-28(17-21-11-7-5-8-12-21)19-33(16-15-23(28)31-32(20)4)25(34)24(30-26(35)27(2,3)29)36-18-22-13-9-6-10-14-22/h5-14,24H,1,15-19,29H2,2-4H3,(H,30,35)/t24?,28-/m0/s1. The van der Waals surface area contributed by atoms with E-state index in [-0.39, 0.29) is 12.5 Å². The third kappa shape index (κ3) is 5.34. The minimum atomic E-state index is -1.17. The van der Waals surface area contributed by atoms with E-state index >= 15 is 0 Å². The van der Waals surface area contributed by atoms with E-state index in [2.05, 4.69) is 24.0 Å². The monoisotopic (exact) mass is 489 g/mol. The van der Waals surface area contributed by atoms with Gasteiger partial charge in [0, 0.05) is 32.3 Å². The lowest BCUT2D eigenvalue weighted by molar-refractivity contribution is -0.153. The van der Waals surface area contributed by atoms with Crippen molar-refractivity contribution in [2.24, 2.45) is 16.3 Å². The van der Waals surface area contributed by atoms with E-state index in [0.29, 0.717) is 25.9 Å². The Morgan fingerprint density at radius 3 is 2.36 bits per heavy atom. The van der Waals surface area contributed by atoms with Crippen LogP contribution in [0.4, 0.5) is 0 Å². The van der Waals surface area contributed by atoms with Crippen molar-refractivity contribution in [2.75, 3.05) is 20.1 Å². The second-order valence-electron chi connectivity index (χ2n) is 10.1. The smallest absolute Gasteiger partial charge is 0.272 e. The first-order valence-electron chi connectivity index (χ1n) is 12.2. The lowest BCUT2D eigenvalue weighted by Gasteiger charge is -2.42. The highest BCUT2D eigenvalue weighted by Gasteiger charge is 2.50. The van der Waals surface area contributed by atoms with Gasteiger partial charge in [-0.2, -0.15) is 5.10 Å². The molecule has 2 aromatic rings. The number of carbonyl (C=O) groups excluding carboxylic acids is 2. The van der Waals surface area contributed by atoms with Crippen LogP contribution in [0.25, 0.3) is 0 Å². The van der Waals surface area contributed by atoms with E-state index < -0.39 is 23.1 Å². The minimum absolute atomic E-state index is 0.174. The molecule has 0 radical (unpaired) electrons.